The first kappa shape index (κ1) is 33.5. The van der Waals surface area contributed by atoms with Gasteiger partial charge in [-0.3, -0.25) is 0 Å². The summed E-state index contributed by atoms with van der Waals surface area (Å²) in [7, 11) is 0. The minimum absolute atomic E-state index is 0. The maximum atomic E-state index is 0. The fourth-order valence-corrected chi connectivity index (χ4v) is 0. The van der Waals surface area contributed by atoms with Gasteiger partial charge in [-0.25, -0.2) is 0 Å². The molecule has 0 aromatic carbocycles. The van der Waals surface area contributed by atoms with Crippen LogP contribution in [0.4, 0.5) is 0 Å². The summed E-state index contributed by atoms with van der Waals surface area (Å²) >= 11 is 0. The molecule has 0 rings (SSSR count). The second kappa shape index (κ2) is 18.5. The molecule has 0 unspecified atom stereocenters. The number of hydrogen-bond donors (Lipinski definition) is 0. The molecule has 4 heteroatoms. The molecular formula is HLiMnNiW. The molecule has 0 saturated carbocycles. The maximum Gasteiger partial charge on any atom is 0 e. The molecule has 0 aliphatic rings. The van der Waals surface area contributed by atoms with Crippen LogP contribution in [0.25, 0.3) is 0 Å². The summed E-state index contributed by atoms with van der Waals surface area (Å²) < 4.78 is 0. The SMILES string of the molecule is [LiH].[Mn].[Ni].[W]. The van der Waals surface area contributed by atoms with Crippen LogP contribution in [0.2, 0.25) is 0 Å². The molecule has 0 saturated heterocycles. The largest absolute Gasteiger partial charge is 0 e. The van der Waals surface area contributed by atoms with Crippen molar-refractivity contribution < 1.29 is 54.6 Å². The van der Waals surface area contributed by atoms with E-state index >= 15 is 0 Å². The molecule has 0 aromatic rings. The van der Waals surface area contributed by atoms with E-state index in [1.807, 2.05) is 0 Å². The Hall–Kier alpha value is 2.30. The van der Waals surface area contributed by atoms with Gasteiger partial charge in [-0.15, -0.1) is 0 Å². The van der Waals surface area contributed by atoms with Crippen LogP contribution in [0.5, 0.6) is 0 Å². The van der Waals surface area contributed by atoms with Gasteiger partial charge in [-0.1, -0.05) is 0 Å². The predicted octanol–water partition coefficient (Wildman–Crippen LogP) is -0.656. The molecule has 4 heavy (non-hydrogen) atoms. The van der Waals surface area contributed by atoms with Crippen LogP contribution < -0.4 is 0 Å². The molecule has 0 fully saturated rings. The van der Waals surface area contributed by atoms with Crippen molar-refractivity contribution in [3.05, 3.63) is 0 Å². The summed E-state index contributed by atoms with van der Waals surface area (Å²) in [6.45, 7) is 0. The van der Waals surface area contributed by atoms with E-state index in [1.165, 1.54) is 0 Å². The minimum Gasteiger partial charge on any atom is 0 e. The second-order valence-corrected chi connectivity index (χ2v) is 0. The molecule has 0 aliphatic heterocycles. The average Bonchev–Trinajstić information content (AvgIpc) is 0. The Labute approximate surface area is 72.7 Å². The first-order chi connectivity index (χ1) is 0. The van der Waals surface area contributed by atoms with Crippen LogP contribution >= 0.6 is 0 Å². The zero-order valence-corrected chi connectivity index (χ0v) is 6.20. The smallest absolute Gasteiger partial charge is 0 e. The molecule has 0 aliphatic carbocycles. The Bertz CT molecular complexity index is 8.00. The Morgan fingerprint density at radius 1 is 1.00 bits per heavy atom. The van der Waals surface area contributed by atoms with Crippen molar-refractivity contribution in [2.45, 2.75) is 0 Å². The van der Waals surface area contributed by atoms with Crippen LogP contribution in [0, 0.1) is 0 Å². The quantitative estimate of drug-likeness (QED) is 0.522. The van der Waals surface area contributed by atoms with Gasteiger partial charge in [-0.05, 0) is 0 Å². The zero-order valence-electron chi connectivity index (χ0n) is 1.10. The van der Waals surface area contributed by atoms with Gasteiger partial charge in [0.25, 0.3) is 0 Å². The van der Waals surface area contributed by atoms with Crippen LogP contribution in [0.15, 0.2) is 0 Å². The molecule has 1 radical (unpaired) electrons. The molecule has 0 nitrogen and oxygen atoms in total. The summed E-state index contributed by atoms with van der Waals surface area (Å²) in [4.78, 5) is 0. The van der Waals surface area contributed by atoms with Gasteiger partial charge >= 0.3 is 18.9 Å². The van der Waals surface area contributed by atoms with E-state index in [0.29, 0.717) is 0 Å². The van der Waals surface area contributed by atoms with Gasteiger partial charge in [0.15, 0.2) is 0 Å². The van der Waals surface area contributed by atoms with Crippen molar-refractivity contribution in [1.29, 1.82) is 0 Å². The van der Waals surface area contributed by atoms with E-state index in [9.17, 15) is 0 Å². The van der Waals surface area contributed by atoms with Gasteiger partial charge in [0.1, 0.15) is 0 Å². The summed E-state index contributed by atoms with van der Waals surface area (Å²) in [5.74, 6) is 0. The number of rotatable bonds is 0. The summed E-state index contributed by atoms with van der Waals surface area (Å²) in [6, 6.07) is 0. The first-order valence-corrected chi connectivity index (χ1v) is 0. The molecule has 0 atom stereocenters. The molecule has 25 valence electrons. The van der Waals surface area contributed by atoms with E-state index in [2.05, 4.69) is 0 Å². The number of hydrogen-bond acceptors (Lipinski definition) is 0. The van der Waals surface area contributed by atoms with Crippen LogP contribution in [-0.4, -0.2) is 18.9 Å². The second-order valence-electron chi connectivity index (χ2n) is 0. The molecule has 0 bridgehead atoms. The third-order valence-corrected chi connectivity index (χ3v) is 0. The maximum absolute atomic E-state index is 0. The fraction of sp³-hybridized carbons (Fsp3) is 0. The molecule has 0 heterocycles. The Balaban J connectivity index is 0. The first-order valence-electron chi connectivity index (χ1n) is 0. The van der Waals surface area contributed by atoms with Crippen molar-refractivity contribution in [2.75, 3.05) is 0 Å². The molecule has 0 aromatic heterocycles. The molecule has 0 N–H and O–H groups in total. The van der Waals surface area contributed by atoms with Gasteiger partial charge < -0.3 is 0 Å². The normalized spacial score (nSPS) is 0. The van der Waals surface area contributed by atoms with Gasteiger partial charge in [0.05, 0.1) is 0 Å². The predicted molar refractivity (Wildman–Crippen MR) is 7.15 cm³/mol. The van der Waals surface area contributed by atoms with Crippen LogP contribution in [0.1, 0.15) is 0 Å². The van der Waals surface area contributed by atoms with E-state index in [-0.39, 0.29) is 73.5 Å². The Kier molecular flexibility index (Phi) is 155. The zero-order chi connectivity index (χ0) is 0. The molecular weight excluding hydrogens is 304 g/mol. The van der Waals surface area contributed by atoms with Crippen molar-refractivity contribution in [3.8, 4) is 0 Å². The van der Waals surface area contributed by atoms with Crippen molar-refractivity contribution in [1.82, 2.24) is 0 Å². The standard InChI is InChI=1S/Li.Mn.Ni.W.H. The van der Waals surface area contributed by atoms with Gasteiger partial charge in [0, 0.05) is 54.6 Å². The van der Waals surface area contributed by atoms with Crippen molar-refractivity contribution in [3.63, 3.8) is 0 Å². The third kappa shape index (κ3) is 8.85. The van der Waals surface area contributed by atoms with E-state index in [4.69, 9.17) is 0 Å². The monoisotopic (exact) mass is 305 g/mol. The minimum atomic E-state index is 0. The Morgan fingerprint density at radius 3 is 1.00 bits per heavy atom. The third-order valence-electron chi connectivity index (χ3n) is 0. The van der Waals surface area contributed by atoms with Crippen LogP contribution in [-0.2, 0) is 54.6 Å². The van der Waals surface area contributed by atoms with E-state index < -0.39 is 0 Å². The summed E-state index contributed by atoms with van der Waals surface area (Å²) in [6.07, 6.45) is 0. The Morgan fingerprint density at radius 2 is 1.00 bits per heavy atom. The van der Waals surface area contributed by atoms with Gasteiger partial charge in [-0.2, -0.15) is 0 Å². The van der Waals surface area contributed by atoms with Gasteiger partial charge in [0.2, 0.25) is 0 Å². The van der Waals surface area contributed by atoms with Crippen molar-refractivity contribution >= 4 is 18.9 Å². The molecule has 0 spiro atoms. The molecule has 0 amide bonds. The fourth-order valence-electron chi connectivity index (χ4n) is 0. The average molecular weight is 305 g/mol. The van der Waals surface area contributed by atoms with Crippen LogP contribution in [0.3, 0.4) is 0 Å². The topological polar surface area (TPSA) is 0 Å². The summed E-state index contributed by atoms with van der Waals surface area (Å²) in [5, 5.41) is 0. The van der Waals surface area contributed by atoms with Crippen molar-refractivity contribution in [2.24, 2.45) is 0 Å². The van der Waals surface area contributed by atoms with E-state index in [1.54, 1.807) is 0 Å². The van der Waals surface area contributed by atoms with E-state index in [0.717, 1.165) is 0 Å². The summed E-state index contributed by atoms with van der Waals surface area (Å²) in [5.41, 5.74) is 0.